The SMILES string of the molecule is CC(C)C(CCO)NC(=O)NC(c1nc2ccccc2[nH]1)C(C)C. The van der Waals surface area contributed by atoms with E-state index in [0.717, 1.165) is 16.9 Å². The molecule has 1 aromatic heterocycles. The van der Waals surface area contributed by atoms with E-state index in [4.69, 9.17) is 5.11 Å². The number of hydrogen-bond acceptors (Lipinski definition) is 3. The van der Waals surface area contributed by atoms with E-state index in [1.54, 1.807) is 0 Å². The molecule has 1 aromatic carbocycles. The number of aliphatic hydroxyl groups is 1. The summed E-state index contributed by atoms with van der Waals surface area (Å²) in [5, 5.41) is 15.1. The number of aromatic amines is 1. The van der Waals surface area contributed by atoms with Crippen molar-refractivity contribution >= 4 is 17.1 Å². The van der Waals surface area contributed by atoms with Crippen LogP contribution in [0.5, 0.6) is 0 Å². The first kappa shape index (κ1) is 18.3. The van der Waals surface area contributed by atoms with Crippen LogP contribution in [0.25, 0.3) is 11.0 Å². The topological polar surface area (TPSA) is 90.0 Å². The van der Waals surface area contributed by atoms with Crippen LogP contribution in [0.3, 0.4) is 0 Å². The maximum absolute atomic E-state index is 12.4. The van der Waals surface area contributed by atoms with Crippen LogP contribution in [0.4, 0.5) is 4.79 Å². The van der Waals surface area contributed by atoms with Crippen molar-refractivity contribution in [1.82, 2.24) is 20.6 Å². The second kappa shape index (κ2) is 8.15. The predicted octanol–water partition coefficient (Wildman–Crippen LogP) is 2.97. The van der Waals surface area contributed by atoms with E-state index in [1.807, 2.05) is 52.0 Å². The number of H-pyrrole nitrogens is 1. The number of carbonyl (C=O) groups excluding carboxylic acids is 1. The minimum absolute atomic E-state index is 0.0559. The van der Waals surface area contributed by atoms with Crippen LogP contribution in [-0.4, -0.2) is 33.8 Å². The van der Waals surface area contributed by atoms with Gasteiger partial charge in [0.25, 0.3) is 0 Å². The Balaban J connectivity index is 2.11. The van der Waals surface area contributed by atoms with Crippen LogP contribution < -0.4 is 10.6 Å². The Morgan fingerprint density at radius 1 is 1.17 bits per heavy atom. The van der Waals surface area contributed by atoms with Crippen molar-refractivity contribution in [2.75, 3.05) is 6.61 Å². The monoisotopic (exact) mass is 332 g/mol. The fourth-order valence-corrected chi connectivity index (χ4v) is 2.73. The predicted molar refractivity (Wildman–Crippen MR) is 95.7 cm³/mol. The van der Waals surface area contributed by atoms with Crippen molar-refractivity contribution in [3.05, 3.63) is 30.1 Å². The zero-order chi connectivity index (χ0) is 17.7. The molecule has 1 heterocycles. The normalized spacial score (nSPS) is 14.1. The summed E-state index contributed by atoms with van der Waals surface area (Å²) in [5.74, 6) is 1.20. The minimum Gasteiger partial charge on any atom is -0.396 e. The van der Waals surface area contributed by atoms with Crippen LogP contribution in [0, 0.1) is 11.8 Å². The molecular weight excluding hydrogens is 304 g/mol. The summed E-state index contributed by atoms with van der Waals surface area (Å²) < 4.78 is 0. The molecule has 0 aliphatic rings. The largest absolute Gasteiger partial charge is 0.396 e. The van der Waals surface area contributed by atoms with Crippen molar-refractivity contribution in [3.63, 3.8) is 0 Å². The molecule has 6 nitrogen and oxygen atoms in total. The molecule has 0 aliphatic heterocycles. The van der Waals surface area contributed by atoms with E-state index in [-0.39, 0.29) is 36.6 Å². The number of nitrogens with one attached hydrogen (secondary N) is 3. The zero-order valence-corrected chi connectivity index (χ0v) is 14.8. The van der Waals surface area contributed by atoms with Crippen LogP contribution in [-0.2, 0) is 0 Å². The maximum Gasteiger partial charge on any atom is 0.315 e. The standard InChI is InChI=1S/C18H28N4O2/c1-11(2)13(9-10-23)21-18(24)22-16(12(3)4)17-19-14-7-5-6-8-15(14)20-17/h5-8,11-13,16,23H,9-10H2,1-4H3,(H,19,20)(H2,21,22,24). The Hall–Kier alpha value is -2.08. The number of amides is 2. The summed E-state index contributed by atoms with van der Waals surface area (Å²) in [7, 11) is 0. The Bertz CT molecular complexity index is 633. The molecule has 0 spiro atoms. The van der Waals surface area contributed by atoms with Crippen LogP contribution in [0.1, 0.15) is 46.0 Å². The molecular formula is C18H28N4O2. The van der Waals surface area contributed by atoms with Gasteiger partial charge in [-0.1, -0.05) is 39.8 Å². The fraction of sp³-hybridized carbons (Fsp3) is 0.556. The summed E-state index contributed by atoms with van der Waals surface area (Å²) in [6, 6.07) is 7.32. The van der Waals surface area contributed by atoms with Crippen molar-refractivity contribution in [3.8, 4) is 0 Å². The third-order valence-electron chi connectivity index (χ3n) is 4.22. The van der Waals surface area contributed by atoms with Crippen molar-refractivity contribution in [2.24, 2.45) is 11.8 Å². The van der Waals surface area contributed by atoms with Gasteiger partial charge in [-0.25, -0.2) is 9.78 Å². The highest BCUT2D eigenvalue weighted by Crippen LogP contribution is 2.22. The van der Waals surface area contributed by atoms with Gasteiger partial charge in [0.1, 0.15) is 5.82 Å². The maximum atomic E-state index is 12.4. The van der Waals surface area contributed by atoms with Crippen molar-refractivity contribution < 1.29 is 9.90 Å². The van der Waals surface area contributed by atoms with Gasteiger partial charge in [-0.2, -0.15) is 0 Å². The van der Waals surface area contributed by atoms with Crippen molar-refractivity contribution in [2.45, 2.75) is 46.2 Å². The molecule has 6 heteroatoms. The lowest BCUT2D eigenvalue weighted by Crippen LogP contribution is -2.47. The highest BCUT2D eigenvalue weighted by Gasteiger charge is 2.23. The Kier molecular flexibility index (Phi) is 6.20. The van der Waals surface area contributed by atoms with Gasteiger partial charge in [-0.15, -0.1) is 0 Å². The average molecular weight is 332 g/mol. The van der Waals surface area contributed by atoms with E-state index in [0.29, 0.717) is 6.42 Å². The van der Waals surface area contributed by atoms with E-state index in [1.165, 1.54) is 0 Å². The van der Waals surface area contributed by atoms with Gasteiger partial charge < -0.3 is 20.7 Å². The van der Waals surface area contributed by atoms with E-state index >= 15 is 0 Å². The molecule has 0 bridgehead atoms. The second-order valence-corrected chi connectivity index (χ2v) is 6.84. The number of hydrogen-bond donors (Lipinski definition) is 4. The summed E-state index contributed by atoms with van der Waals surface area (Å²) >= 11 is 0. The number of carbonyl (C=O) groups is 1. The number of benzene rings is 1. The number of imidazole rings is 1. The first-order chi connectivity index (χ1) is 11.4. The fourth-order valence-electron chi connectivity index (χ4n) is 2.73. The zero-order valence-electron chi connectivity index (χ0n) is 14.8. The van der Waals surface area contributed by atoms with Crippen molar-refractivity contribution in [1.29, 1.82) is 0 Å². The summed E-state index contributed by atoms with van der Waals surface area (Å²) in [6.45, 7) is 8.21. The van der Waals surface area contributed by atoms with E-state index in [9.17, 15) is 4.79 Å². The molecule has 0 aliphatic carbocycles. The third kappa shape index (κ3) is 4.47. The smallest absolute Gasteiger partial charge is 0.315 e. The lowest BCUT2D eigenvalue weighted by atomic mass is 10.0. The Morgan fingerprint density at radius 2 is 1.88 bits per heavy atom. The Morgan fingerprint density at radius 3 is 2.46 bits per heavy atom. The number of para-hydroxylation sites is 2. The first-order valence-electron chi connectivity index (χ1n) is 8.55. The molecule has 0 fully saturated rings. The van der Waals surface area contributed by atoms with Gasteiger partial charge >= 0.3 is 6.03 Å². The van der Waals surface area contributed by atoms with Gasteiger partial charge in [0, 0.05) is 12.6 Å². The first-order valence-corrected chi connectivity index (χ1v) is 8.55. The van der Waals surface area contributed by atoms with Gasteiger partial charge in [0.05, 0.1) is 17.1 Å². The highest BCUT2D eigenvalue weighted by molar-refractivity contribution is 5.76. The third-order valence-corrected chi connectivity index (χ3v) is 4.22. The van der Waals surface area contributed by atoms with Gasteiger partial charge in [0.15, 0.2) is 0 Å². The molecule has 2 aromatic rings. The average Bonchev–Trinajstić information content (AvgIpc) is 2.95. The molecule has 2 atom stereocenters. The van der Waals surface area contributed by atoms with Crippen LogP contribution in [0.2, 0.25) is 0 Å². The molecule has 132 valence electrons. The van der Waals surface area contributed by atoms with Crippen LogP contribution >= 0.6 is 0 Å². The number of rotatable bonds is 7. The minimum atomic E-state index is -0.235. The molecule has 24 heavy (non-hydrogen) atoms. The summed E-state index contributed by atoms with van der Waals surface area (Å²) in [6.07, 6.45) is 0.544. The summed E-state index contributed by atoms with van der Waals surface area (Å²) in [5.41, 5.74) is 1.85. The number of aliphatic hydroxyl groups excluding tert-OH is 1. The molecule has 2 amide bonds. The summed E-state index contributed by atoms with van der Waals surface area (Å²) in [4.78, 5) is 20.3. The number of fused-ring (bicyclic) bond motifs is 1. The molecule has 2 unspecified atom stereocenters. The quantitative estimate of drug-likeness (QED) is 0.628. The molecule has 4 N–H and O–H groups in total. The van der Waals surface area contributed by atoms with Crippen LogP contribution in [0.15, 0.2) is 24.3 Å². The second-order valence-electron chi connectivity index (χ2n) is 6.84. The van der Waals surface area contributed by atoms with E-state index < -0.39 is 0 Å². The number of nitrogens with zero attached hydrogens (tertiary/aromatic N) is 1. The number of urea groups is 1. The molecule has 2 rings (SSSR count). The van der Waals surface area contributed by atoms with Gasteiger partial charge in [-0.3, -0.25) is 0 Å². The lowest BCUT2D eigenvalue weighted by Gasteiger charge is -2.25. The lowest BCUT2D eigenvalue weighted by molar-refractivity contribution is 0.212. The van der Waals surface area contributed by atoms with Gasteiger partial charge in [0.2, 0.25) is 0 Å². The van der Waals surface area contributed by atoms with Gasteiger partial charge in [-0.05, 0) is 30.4 Å². The van der Waals surface area contributed by atoms with E-state index in [2.05, 4.69) is 20.6 Å². The molecule has 0 saturated carbocycles. The number of aromatic nitrogens is 2. The Labute approximate surface area is 143 Å². The molecule has 0 radical (unpaired) electrons. The molecule has 0 saturated heterocycles. The highest BCUT2D eigenvalue weighted by atomic mass is 16.3.